The second-order valence-corrected chi connectivity index (χ2v) is 6.44. The maximum Gasteiger partial charge on any atom is 0.242 e. The van der Waals surface area contributed by atoms with Crippen molar-refractivity contribution in [2.45, 2.75) is 63.8 Å². The average molecular weight is 295 g/mol. The van der Waals surface area contributed by atoms with Gasteiger partial charge in [-0.3, -0.25) is 9.59 Å². The number of hydrogen-bond acceptors (Lipinski definition) is 3. The molecule has 1 aliphatic heterocycles. The van der Waals surface area contributed by atoms with Crippen molar-refractivity contribution in [2.24, 2.45) is 11.7 Å². The average Bonchev–Trinajstić information content (AvgIpc) is 3.04. The van der Waals surface area contributed by atoms with Crippen molar-refractivity contribution in [2.75, 3.05) is 19.6 Å². The SMILES string of the molecule is NCC1CCCCN1C(=O)CNC(=O)CCC1CCCC1. The predicted molar refractivity (Wildman–Crippen MR) is 82.6 cm³/mol. The Morgan fingerprint density at radius 3 is 2.52 bits per heavy atom. The van der Waals surface area contributed by atoms with Crippen LogP contribution < -0.4 is 11.1 Å². The van der Waals surface area contributed by atoms with Gasteiger partial charge in [0, 0.05) is 25.6 Å². The molecule has 5 heteroatoms. The van der Waals surface area contributed by atoms with Gasteiger partial charge in [0.2, 0.25) is 11.8 Å². The number of nitrogens with zero attached hydrogens (tertiary/aromatic N) is 1. The summed E-state index contributed by atoms with van der Waals surface area (Å²) in [5, 5.41) is 2.78. The van der Waals surface area contributed by atoms with Crippen LogP contribution in [0.4, 0.5) is 0 Å². The van der Waals surface area contributed by atoms with Crippen LogP contribution in [-0.4, -0.2) is 42.4 Å². The summed E-state index contributed by atoms with van der Waals surface area (Å²) < 4.78 is 0. The number of amides is 2. The molecule has 0 radical (unpaired) electrons. The first kappa shape index (κ1) is 16.3. The number of carbonyl (C=O) groups excluding carboxylic acids is 2. The Labute approximate surface area is 127 Å². The summed E-state index contributed by atoms with van der Waals surface area (Å²) in [7, 11) is 0. The lowest BCUT2D eigenvalue weighted by atomic mass is 10.0. The molecular weight excluding hydrogens is 266 g/mol. The van der Waals surface area contributed by atoms with Gasteiger partial charge >= 0.3 is 0 Å². The van der Waals surface area contributed by atoms with Crippen LogP contribution in [0.2, 0.25) is 0 Å². The van der Waals surface area contributed by atoms with Crippen LogP contribution in [0.3, 0.4) is 0 Å². The van der Waals surface area contributed by atoms with Crippen molar-refractivity contribution >= 4 is 11.8 Å². The van der Waals surface area contributed by atoms with E-state index in [1.165, 1.54) is 25.7 Å². The molecule has 0 bridgehead atoms. The smallest absolute Gasteiger partial charge is 0.242 e. The number of carbonyl (C=O) groups is 2. The number of rotatable bonds is 6. The Bertz CT molecular complexity index is 353. The molecule has 120 valence electrons. The van der Waals surface area contributed by atoms with Crippen LogP contribution in [-0.2, 0) is 9.59 Å². The highest BCUT2D eigenvalue weighted by molar-refractivity contribution is 5.84. The van der Waals surface area contributed by atoms with Crippen LogP contribution in [0, 0.1) is 5.92 Å². The summed E-state index contributed by atoms with van der Waals surface area (Å²) in [4.78, 5) is 25.9. The molecule has 1 heterocycles. The van der Waals surface area contributed by atoms with Crippen LogP contribution in [0.5, 0.6) is 0 Å². The van der Waals surface area contributed by atoms with E-state index in [1.807, 2.05) is 4.90 Å². The van der Waals surface area contributed by atoms with Crippen LogP contribution in [0.1, 0.15) is 57.8 Å². The van der Waals surface area contributed by atoms with Gasteiger partial charge in [-0.1, -0.05) is 25.7 Å². The van der Waals surface area contributed by atoms with Crippen molar-refractivity contribution in [3.05, 3.63) is 0 Å². The van der Waals surface area contributed by atoms with E-state index in [-0.39, 0.29) is 24.4 Å². The minimum Gasteiger partial charge on any atom is -0.347 e. The van der Waals surface area contributed by atoms with Crippen molar-refractivity contribution in [1.82, 2.24) is 10.2 Å². The topological polar surface area (TPSA) is 75.4 Å². The molecule has 1 aliphatic carbocycles. The maximum absolute atomic E-state index is 12.2. The van der Waals surface area contributed by atoms with E-state index in [0.717, 1.165) is 38.1 Å². The highest BCUT2D eigenvalue weighted by Gasteiger charge is 2.25. The van der Waals surface area contributed by atoms with Gasteiger partial charge in [0.05, 0.1) is 6.54 Å². The predicted octanol–water partition coefficient (Wildman–Crippen LogP) is 1.41. The minimum atomic E-state index is 0.0107. The Balaban J connectivity index is 1.66. The molecular formula is C16H29N3O2. The molecule has 1 unspecified atom stereocenters. The molecule has 1 atom stereocenters. The lowest BCUT2D eigenvalue weighted by molar-refractivity contribution is -0.135. The van der Waals surface area contributed by atoms with Crippen molar-refractivity contribution in [3.63, 3.8) is 0 Å². The van der Waals surface area contributed by atoms with Gasteiger partial charge in [0.25, 0.3) is 0 Å². The molecule has 1 saturated carbocycles. The van der Waals surface area contributed by atoms with Gasteiger partial charge < -0.3 is 16.0 Å². The van der Waals surface area contributed by atoms with E-state index in [4.69, 9.17) is 5.73 Å². The van der Waals surface area contributed by atoms with E-state index in [9.17, 15) is 9.59 Å². The third-order valence-electron chi connectivity index (χ3n) is 4.91. The van der Waals surface area contributed by atoms with E-state index in [0.29, 0.717) is 13.0 Å². The summed E-state index contributed by atoms with van der Waals surface area (Å²) in [5.41, 5.74) is 5.72. The standard InChI is InChI=1S/C16H29N3O2/c17-11-14-7-3-4-10-19(14)16(21)12-18-15(20)9-8-13-5-1-2-6-13/h13-14H,1-12,17H2,(H,18,20). The molecule has 0 spiro atoms. The van der Waals surface area contributed by atoms with Gasteiger partial charge in [-0.15, -0.1) is 0 Å². The molecule has 3 N–H and O–H groups in total. The monoisotopic (exact) mass is 295 g/mol. The Morgan fingerprint density at radius 2 is 1.81 bits per heavy atom. The van der Waals surface area contributed by atoms with Crippen molar-refractivity contribution in [1.29, 1.82) is 0 Å². The zero-order valence-corrected chi connectivity index (χ0v) is 13.0. The number of hydrogen-bond donors (Lipinski definition) is 2. The second-order valence-electron chi connectivity index (χ2n) is 6.44. The summed E-state index contributed by atoms with van der Waals surface area (Å²) in [5.74, 6) is 0.742. The first-order chi connectivity index (χ1) is 10.2. The van der Waals surface area contributed by atoms with Crippen LogP contribution in [0.25, 0.3) is 0 Å². The third-order valence-corrected chi connectivity index (χ3v) is 4.91. The van der Waals surface area contributed by atoms with Gasteiger partial charge in [-0.2, -0.15) is 0 Å². The highest BCUT2D eigenvalue weighted by atomic mass is 16.2. The quantitative estimate of drug-likeness (QED) is 0.778. The molecule has 2 rings (SSSR count). The fourth-order valence-corrected chi connectivity index (χ4v) is 3.57. The fourth-order valence-electron chi connectivity index (χ4n) is 3.57. The van der Waals surface area contributed by atoms with Crippen LogP contribution in [0.15, 0.2) is 0 Å². The highest BCUT2D eigenvalue weighted by Crippen LogP contribution is 2.28. The largest absolute Gasteiger partial charge is 0.347 e. The lowest BCUT2D eigenvalue weighted by Gasteiger charge is -2.35. The third kappa shape index (κ3) is 4.99. The normalized spacial score (nSPS) is 23.3. The fraction of sp³-hybridized carbons (Fsp3) is 0.875. The molecule has 2 fully saturated rings. The van der Waals surface area contributed by atoms with Gasteiger partial charge in [-0.05, 0) is 31.6 Å². The minimum absolute atomic E-state index is 0.0107. The number of likely N-dealkylation sites (tertiary alicyclic amines) is 1. The Hall–Kier alpha value is -1.10. The molecule has 5 nitrogen and oxygen atoms in total. The van der Waals surface area contributed by atoms with Crippen molar-refractivity contribution < 1.29 is 9.59 Å². The lowest BCUT2D eigenvalue weighted by Crippen LogP contribution is -2.50. The molecule has 0 aromatic carbocycles. The first-order valence-corrected chi connectivity index (χ1v) is 8.47. The summed E-state index contributed by atoms with van der Waals surface area (Å²) in [6.45, 7) is 1.42. The Morgan fingerprint density at radius 1 is 1.10 bits per heavy atom. The zero-order chi connectivity index (χ0) is 15.1. The summed E-state index contributed by atoms with van der Waals surface area (Å²) in [6, 6.07) is 0.154. The maximum atomic E-state index is 12.2. The summed E-state index contributed by atoms with van der Waals surface area (Å²) >= 11 is 0. The van der Waals surface area contributed by atoms with Gasteiger partial charge in [0.15, 0.2) is 0 Å². The molecule has 0 aromatic rings. The van der Waals surface area contributed by atoms with Gasteiger partial charge in [-0.25, -0.2) is 0 Å². The van der Waals surface area contributed by atoms with E-state index >= 15 is 0 Å². The zero-order valence-electron chi connectivity index (χ0n) is 13.0. The molecule has 21 heavy (non-hydrogen) atoms. The Kier molecular flexibility index (Phi) is 6.49. The van der Waals surface area contributed by atoms with Crippen LogP contribution >= 0.6 is 0 Å². The van der Waals surface area contributed by atoms with E-state index in [2.05, 4.69) is 5.32 Å². The molecule has 0 aromatic heterocycles. The molecule has 1 saturated heterocycles. The van der Waals surface area contributed by atoms with Gasteiger partial charge in [0.1, 0.15) is 0 Å². The van der Waals surface area contributed by atoms with E-state index in [1.54, 1.807) is 0 Å². The number of piperidine rings is 1. The summed E-state index contributed by atoms with van der Waals surface area (Å²) in [6.07, 6.45) is 9.82. The molecule has 2 aliphatic rings. The van der Waals surface area contributed by atoms with Crippen molar-refractivity contribution in [3.8, 4) is 0 Å². The first-order valence-electron chi connectivity index (χ1n) is 8.47. The van der Waals surface area contributed by atoms with E-state index < -0.39 is 0 Å². The number of nitrogens with one attached hydrogen (secondary N) is 1. The number of nitrogens with two attached hydrogens (primary N) is 1. The molecule has 2 amide bonds. The second kappa shape index (κ2) is 8.37.